The third kappa shape index (κ3) is 8.84. The fourth-order valence-corrected chi connectivity index (χ4v) is 2.92. The topological polar surface area (TPSA) is 128 Å². The van der Waals surface area contributed by atoms with E-state index >= 15 is 0 Å². The summed E-state index contributed by atoms with van der Waals surface area (Å²) < 4.78 is 5.19. The zero-order valence-corrected chi connectivity index (χ0v) is 19.0. The molecule has 0 aliphatic heterocycles. The Bertz CT molecular complexity index is 747. The lowest BCUT2D eigenvalue weighted by Gasteiger charge is -2.33. The number of nitrogens with one attached hydrogen (secondary N) is 2. The molecule has 2 unspecified atom stereocenters. The van der Waals surface area contributed by atoms with Gasteiger partial charge in [0.05, 0.1) is 6.61 Å². The molecule has 1 aromatic rings. The summed E-state index contributed by atoms with van der Waals surface area (Å²) >= 11 is 0. The Morgan fingerprint density at radius 2 is 1.90 bits per heavy atom. The van der Waals surface area contributed by atoms with Gasteiger partial charge in [-0.25, -0.2) is 4.79 Å². The number of amides is 3. The number of aliphatic hydroxyl groups excluding tert-OH is 1. The number of carbonyl (C=O) groups is 3. The molecule has 31 heavy (non-hydrogen) atoms. The van der Waals surface area contributed by atoms with Crippen molar-refractivity contribution >= 4 is 17.9 Å². The Morgan fingerprint density at radius 3 is 2.45 bits per heavy atom. The molecule has 0 spiro atoms. The van der Waals surface area contributed by atoms with Gasteiger partial charge in [0.25, 0.3) is 0 Å². The summed E-state index contributed by atoms with van der Waals surface area (Å²) in [5.74, 6) is -1.07. The summed E-state index contributed by atoms with van der Waals surface area (Å²) in [7, 11) is 0. The van der Waals surface area contributed by atoms with Crippen LogP contribution in [-0.4, -0.2) is 64.4 Å². The van der Waals surface area contributed by atoms with Crippen LogP contribution in [0.3, 0.4) is 0 Å². The van der Waals surface area contributed by atoms with Crippen molar-refractivity contribution in [3.8, 4) is 5.75 Å². The van der Waals surface area contributed by atoms with Crippen LogP contribution < -0.4 is 10.6 Å². The van der Waals surface area contributed by atoms with Crippen molar-refractivity contribution in [2.24, 2.45) is 0 Å². The number of aromatic hydroxyl groups is 1. The number of phenols is 1. The summed E-state index contributed by atoms with van der Waals surface area (Å²) in [4.78, 5) is 39.4. The molecule has 1 rings (SSSR count). The number of ether oxygens (including phenoxy) is 1. The molecule has 0 saturated heterocycles. The van der Waals surface area contributed by atoms with Gasteiger partial charge < -0.3 is 30.5 Å². The number of rotatable bonds is 10. The molecule has 9 heteroatoms. The number of alkyl carbamates (subject to hydrolysis) is 1. The zero-order chi connectivity index (χ0) is 23.6. The Hall–Kier alpha value is -2.81. The van der Waals surface area contributed by atoms with Crippen LogP contribution in [0.5, 0.6) is 5.75 Å². The van der Waals surface area contributed by atoms with Crippen molar-refractivity contribution in [1.82, 2.24) is 15.5 Å². The van der Waals surface area contributed by atoms with E-state index in [-0.39, 0.29) is 18.9 Å². The lowest BCUT2D eigenvalue weighted by atomic mass is 10.0. The van der Waals surface area contributed by atoms with Gasteiger partial charge in [-0.15, -0.1) is 0 Å². The summed E-state index contributed by atoms with van der Waals surface area (Å²) in [5, 5.41) is 24.7. The highest BCUT2D eigenvalue weighted by molar-refractivity contribution is 5.92. The van der Waals surface area contributed by atoms with Gasteiger partial charge in [0.2, 0.25) is 11.8 Å². The van der Waals surface area contributed by atoms with Gasteiger partial charge in [-0.1, -0.05) is 25.5 Å². The second-order valence-corrected chi connectivity index (χ2v) is 8.27. The normalized spacial score (nSPS) is 13.1. The van der Waals surface area contributed by atoms with Crippen LogP contribution in [0.2, 0.25) is 0 Å². The van der Waals surface area contributed by atoms with Gasteiger partial charge in [-0.05, 0) is 51.8 Å². The second kappa shape index (κ2) is 12.1. The Labute approximate surface area is 183 Å². The highest BCUT2D eigenvalue weighted by Gasteiger charge is 2.34. The molecule has 2 atom stereocenters. The molecule has 3 amide bonds. The molecule has 0 aliphatic rings. The number of benzene rings is 1. The summed E-state index contributed by atoms with van der Waals surface area (Å²) in [6, 6.07) is 3.94. The smallest absolute Gasteiger partial charge is 0.408 e. The Morgan fingerprint density at radius 1 is 1.23 bits per heavy atom. The number of phenolic OH excluding ortho intramolecular Hbond substituents is 1. The minimum atomic E-state index is -1.09. The first-order valence-electron chi connectivity index (χ1n) is 10.5. The molecule has 0 bridgehead atoms. The van der Waals surface area contributed by atoms with E-state index < -0.39 is 35.6 Å². The summed E-state index contributed by atoms with van der Waals surface area (Å²) in [5.41, 5.74) is -0.346. The molecule has 0 radical (unpaired) electrons. The number of hydrogen-bond acceptors (Lipinski definition) is 6. The minimum absolute atomic E-state index is 0.0554. The third-order valence-electron chi connectivity index (χ3n) is 4.30. The molecule has 4 N–H and O–H groups in total. The van der Waals surface area contributed by atoms with Crippen LogP contribution in [0.15, 0.2) is 24.3 Å². The van der Waals surface area contributed by atoms with Gasteiger partial charge in [0, 0.05) is 13.1 Å². The first kappa shape index (κ1) is 26.2. The van der Waals surface area contributed by atoms with Gasteiger partial charge in [0.1, 0.15) is 23.4 Å². The highest BCUT2D eigenvalue weighted by Crippen LogP contribution is 2.25. The van der Waals surface area contributed by atoms with Gasteiger partial charge in [-0.2, -0.15) is 0 Å². The number of nitrogens with zero attached hydrogens (tertiary/aromatic N) is 1. The van der Waals surface area contributed by atoms with Crippen LogP contribution in [-0.2, 0) is 14.3 Å². The second-order valence-electron chi connectivity index (χ2n) is 8.27. The molecule has 174 valence electrons. The highest BCUT2D eigenvalue weighted by atomic mass is 16.6. The SMILES string of the molecule is CCCCNC(=O)C(c1cccc(O)c1)N(CCO)C(=O)C(C)NC(=O)OC(C)(C)C. The largest absolute Gasteiger partial charge is 0.508 e. The number of unbranched alkanes of at least 4 members (excludes halogenated alkanes) is 1. The number of aliphatic hydroxyl groups is 1. The van der Waals surface area contributed by atoms with Crippen molar-refractivity contribution < 1.29 is 29.3 Å². The van der Waals surface area contributed by atoms with Crippen LogP contribution in [0.4, 0.5) is 4.79 Å². The molecule has 0 aromatic heterocycles. The lowest BCUT2D eigenvalue weighted by molar-refractivity contribution is -0.142. The molecular weight excluding hydrogens is 402 g/mol. The van der Waals surface area contributed by atoms with Crippen molar-refractivity contribution in [1.29, 1.82) is 0 Å². The van der Waals surface area contributed by atoms with Gasteiger partial charge >= 0.3 is 6.09 Å². The van der Waals surface area contributed by atoms with E-state index in [9.17, 15) is 24.6 Å². The Balaban J connectivity index is 3.17. The van der Waals surface area contributed by atoms with Crippen molar-refractivity contribution in [2.45, 2.75) is 65.1 Å². The first-order valence-corrected chi connectivity index (χ1v) is 10.5. The van der Waals surface area contributed by atoms with E-state index in [1.54, 1.807) is 32.9 Å². The maximum absolute atomic E-state index is 13.2. The average molecular weight is 438 g/mol. The Kier molecular flexibility index (Phi) is 10.3. The molecule has 1 aromatic carbocycles. The van der Waals surface area contributed by atoms with E-state index in [1.807, 2.05) is 6.92 Å². The fraction of sp³-hybridized carbons (Fsp3) is 0.591. The third-order valence-corrected chi connectivity index (χ3v) is 4.30. The number of hydrogen-bond donors (Lipinski definition) is 4. The van der Waals surface area contributed by atoms with Crippen molar-refractivity contribution in [3.63, 3.8) is 0 Å². The molecule has 0 saturated carbocycles. The monoisotopic (exact) mass is 437 g/mol. The maximum atomic E-state index is 13.2. The zero-order valence-electron chi connectivity index (χ0n) is 19.0. The van der Waals surface area contributed by atoms with Crippen LogP contribution in [0.25, 0.3) is 0 Å². The van der Waals surface area contributed by atoms with Crippen molar-refractivity contribution in [3.05, 3.63) is 29.8 Å². The molecule has 0 fully saturated rings. The lowest BCUT2D eigenvalue weighted by Crippen LogP contribution is -2.52. The van der Waals surface area contributed by atoms with Gasteiger partial charge in [0.15, 0.2) is 0 Å². The van der Waals surface area contributed by atoms with E-state index in [2.05, 4.69) is 10.6 Å². The van der Waals surface area contributed by atoms with E-state index in [4.69, 9.17) is 4.74 Å². The van der Waals surface area contributed by atoms with Crippen molar-refractivity contribution in [2.75, 3.05) is 19.7 Å². The van der Waals surface area contributed by atoms with E-state index in [0.29, 0.717) is 12.1 Å². The average Bonchev–Trinajstić information content (AvgIpc) is 2.65. The molecule has 9 nitrogen and oxygen atoms in total. The molecule has 0 aliphatic carbocycles. The summed E-state index contributed by atoms with van der Waals surface area (Å²) in [6.07, 6.45) is 0.884. The summed E-state index contributed by atoms with van der Waals surface area (Å²) in [6.45, 7) is 8.48. The van der Waals surface area contributed by atoms with Crippen LogP contribution in [0, 0.1) is 0 Å². The standard InChI is InChI=1S/C22H35N3O6/c1-6-7-11-23-19(28)18(16-9-8-10-17(27)14-16)25(12-13-26)20(29)15(2)24-21(30)31-22(3,4)5/h8-10,14-15,18,26-27H,6-7,11-13H2,1-5H3,(H,23,28)(H,24,30). The predicted molar refractivity (Wildman–Crippen MR) is 116 cm³/mol. The minimum Gasteiger partial charge on any atom is -0.508 e. The van der Waals surface area contributed by atoms with Gasteiger partial charge in [-0.3, -0.25) is 9.59 Å². The predicted octanol–water partition coefficient (Wildman–Crippen LogP) is 2.08. The number of carbonyl (C=O) groups excluding carboxylic acids is 3. The van der Waals surface area contributed by atoms with Crippen LogP contribution in [0.1, 0.15) is 59.1 Å². The van der Waals surface area contributed by atoms with Crippen LogP contribution >= 0.6 is 0 Å². The van der Waals surface area contributed by atoms with E-state index in [0.717, 1.165) is 12.8 Å². The quantitative estimate of drug-likeness (QED) is 0.415. The van der Waals surface area contributed by atoms with E-state index in [1.165, 1.54) is 24.0 Å². The first-order chi connectivity index (χ1) is 14.5. The maximum Gasteiger partial charge on any atom is 0.408 e. The molecule has 0 heterocycles. The molecular formula is C22H35N3O6. The fourth-order valence-electron chi connectivity index (χ4n) is 2.92.